The van der Waals surface area contributed by atoms with Crippen molar-refractivity contribution in [1.82, 2.24) is 0 Å². The number of carbonyl (C=O) groups excluding carboxylic acids is 1. The van der Waals surface area contributed by atoms with Gasteiger partial charge in [-0.2, -0.15) is 5.26 Å². The zero-order chi connectivity index (χ0) is 12.1. The lowest BCUT2D eigenvalue weighted by atomic mass is 10.1. The van der Waals surface area contributed by atoms with Gasteiger partial charge in [0.1, 0.15) is 12.1 Å². The highest BCUT2D eigenvalue weighted by atomic mass is 16.5. The molecule has 0 saturated carbocycles. The summed E-state index contributed by atoms with van der Waals surface area (Å²) in [5, 5.41) is 11.9. The standard InChI is InChI=1S/C12H14N2O2/c1-8-4-5-10(7-13)11(6-8)14-9(2)12(15)16-3/h4-6,9,14H,1-3H3. The second-order valence-electron chi connectivity index (χ2n) is 3.55. The number of methoxy groups -OCH3 is 1. The molecular formula is C12H14N2O2. The molecule has 1 rings (SSSR count). The monoisotopic (exact) mass is 218 g/mol. The first-order chi connectivity index (χ1) is 7.58. The van der Waals surface area contributed by atoms with Crippen LogP contribution in [0.2, 0.25) is 0 Å². The van der Waals surface area contributed by atoms with E-state index >= 15 is 0 Å². The van der Waals surface area contributed by atoms with Crippen LogP contribution in [0.4, 0.5) is 5.69 Å². The molecule has 1 unspecified atom stereocenters. The number of anilines is 1. The van der Waals surface area contributed by atoms with Crippen LogP contribution < -0.4 is 5.32 Å². The van der Waals surface area contributed by atoms with Crippen LogP contribution in [-0.2, 0) is 9.53 Å². The lowest BCUT2D eigenvalue weighted by molar-refractivity contribution is -0.141. The Morgan fingerprint density at radius 2 is 2.25 bits per heavy atom. The van der Waals surface area contributed by atoms with Crippen LogP contribution in [0.25, 0.3) is 0 Å². The molecule has 1 aromatic rings. The molecule has 1 aromatic carbocycles. The van der Waals surface area contributed by atoms with Gasteiger partial charge < -0.3 is 10.1 Å². The second-order valence-corrected chi connectivity index (χ2v) is 3.55. The Kier molecular flexibility index (Phi) is 3.90. The van der Waals surface area contributed by atoms with Gasteiger partial charge in [-0.3, -0.25) is 0 Å². The summed E-state index contributed by atoms with van der Waals surface area (Å²) in [5.41, 5.74) is 2.19. The Labute approximate surface area is 94.8 Å². The summed E-state index contributed by atoms with van der Waals surface area (Å²) < 4.78 is 4.60. The fraction of sp³-hybridized carbons (Fsp3) is 0.333. The lowest BCUT2D eigenvalue weighted by Crippen LogP contribution is -2.27. The Morgan fingerprint density at radius 1 is 1.56 bits per heavy atom. The van der Waals surface area contributed by atoms with Crippen molar-refractivity contribution in [2.75, 3.05) is 12.4 Å². The molecule has 0 spiro atoms. The van der Waals surface area contributed by atoms with Crippen molar-refractivity contribution in [1.29, 1.82) is 5.26 Å². The summed E-state index contributed by atoms with van der Waals surface area (Å²) in [4.78, 5) is 11.2. The summed E-state index contributed by atoms with van der Waals surface area (Å²) in [5.74, 6) is -0.356. The average Bonchev–Trinajstić information content (AvgIpc) is 2.28. The highest BCUT2D eigenvalue weighted by Gasteiger charge is 2.14. The molecular weight excluding hydrogens is 204 g/mol. The van der Waals surface area contributed by atoms with Crippen LogP contribution in [0.1, 0.15) is 18.1 Å². The number of benzene rings is 1. The first-order valence-corrected chi connectivity index (χ1v) is 4.93. The van der Waals surface area contributed by atoms with Gasteiger partial charge in [0.05, 0.1) is 18.4 Å². The van der Waals surface area contributed by atoms with Crippen LogP contribution in [0.3, 0.4) is 0 Å². The van der Waals surface area contributed by atoms with Crippen LogP contribution in [0.15, 0.2) is 18.2 Å². The molecule has 0 saturated heterocycles. The third kappa shape index (κ3) is 2.74. The fourth-order valence-corrected chi connectivity index (χ4v) is 1.34. The van der Waals surface area contributed by atoms with Crippen molar-refractivity contribution >= 4 is 11.7 Å². The fourth-order valence-electron chi connectivity index (χ4n) is 1.34. The van der Waals surface area contributed by atoms with Crippen molar-refractivity contribution in [3.05, 3.63) is 29.3 Å². The summed E-state index contributed by atoms with van der Waals surface area (Å²) in [6, 6.07) is 7.01. The molecule has 0 aliphatic heterocycles. The molecule has 0 aromatic heterocycles. The first-order valence-electron chi connectivity index (χ1n) is 4.93. The zero-order valence-electron chi connectivity index (χ0n) is 9.57. The molecule has 0 radical (unpaired) electrons. The molecule has 0 aliphatic carbocycles. The van der Waals surface area contributed by atoms with Gasteiger partial charge in [-0.05, 0) is 31.5 Å². The van der Waals surface area contributed by atoms with Crippen LogP contribution in [0.5, 0.6) is 0 Å². The summed E-state index contributed by atoms with van der Waals surface area (Å²) in [6.45, 7) is 3.62. The number of hydrogen-bond acceptors (Lipinski definition) is 4. The minimum atomic E-state index is -0.473. The van der Waals surface area contributed by atoms with Crippen LogP contribution >= 0.6 is 0 Å². The quantitative estimate of drug-likeness (QED) is 0.786. The van der Waals surface area contributed by atoms with Crippen molar-refractivity contribution in [2.45, 2.75) is 19.9 Å². The van der Waals surface area contributed by atoms with Gasteiger partial charge in [0, 0.05) is 0 Å². The number of nitrogens with zero attached hydrogens (tertiary/aromatic N) is 1. The van der Waals surface area contributed by atoms with E-state index in [2.05, 4.69) is 16.1 Å². The van der Waals surface area contributed by atoms with E-state index in [9.17, 15) is 4.79 Å². The Balaban J connectivity index is 2.92. The number of aryl methyl sites for hydroxylation is 1. The molecule has 1 atom stereocenters. The predicted octanol–water partition coefficient (Wildman–Crippen LogP) is 1.84. The number of rotatable bonds is 3. The van der Waals surface area contributed by atoms with Crippen molar-refractivity contribution in [2.24, 2.45) is 0 Å². The summed E-state index contributed by atoms with van der Waals surface area (Å²) in [7, 11) is 1.34. The summed E-state index contributed by atoms with van der Waals surface area (Å²) in [6.07, 6.45) is 0. The number of hydrogen-bond donors (Lipinski definition) is 1. The maximum Gasteiger partial charge on any atom is 0.327 e. The second kappa shape index (κ2) is 5.17. The Morgan fingerprint density at radius 3 is 2.81 bits per heavy atom. The normalized spacial score (nSPS) is 11.4. The maximum atomic E-state index is 11.2. The van der Waals surface area contributed by atoms with Crippen LogP contribution in [0, 0.1) is 18.3 Å². The third-order valence-corrected chi connectivity index (χ3v) is 2.22. The van der Waals surface area contributed by atoms with Gasteiger partial charge in [0.2, 0.25) is 0 Å². The molecule has 0 fully saturated rings. The van der Waals surface area contributed by atoms with E-state index in [0.29, 0.717) is 11.3 Å². The van der Waals surface area contributed by atoms with Gasteiger partial charge in [0.25, 0.3) is 0 Å². The minimum absolute atomic E-state index is 0.356. The molecule has 1 N–H and O–H groups in total. The minimum Gasteiger partial charge on any atom is -0.467 e. The van der Waals surface area contributed by atoms with Crippen molar-refractivity contribution in [3.8, 4) is 6.07 Å². The highest BCUT2D eigenvalue weighted by Crippen LogP contribution is 2.17. The average molecular weight is 218 g/mol. The number of ether oxygens (including phenoxy) is 1. The number of nitriles is 1. The molecule has 16 heavy (non-hydrogen) atoms. The van der Waals surface area contributed by atoms with Crippen LogP contribution in [-0.4, -0.2) is 19.1 Å². The summed E-state index contributed by atoms with van der Waals surface area (Å²) >= 11 is 0. The smallest absolute Gasteiger partial charge is 0.327 e. The number of esters is 1. The lowest BCUT2D eigenvalue weighted by Gasteiger charge is -2.14. The van der Waals surface area contributed by atoms with Gasteiger partial charge >= 0.3 is 5.97 Å². The molecule has 0 amide bonds. The van der Waals surface area contributed by atoms with E-state index in [-0.39, 0.29) is 5.97 Å². The Bertz CT molecular complexity index is 435. The van der Waals surface area contributed by atoms with Crippen molar-refractivity contribution < 1.29 is 9.53 Å². The molecule has 0 heterocycles. The SMILES string of the molecule is COC(=O)C(C)Nc1cc(C)ccc1C#N. The molecule has 4 nitrogen and oxygen atoms in total. The van der Waals surface area contributed by atoms with E-state index in [4.69, 9.17) is 5.26 Å². The van der Waals surface area contributed by atoms with Gasteiger partial charge in [-0.15, -0.1) is 0 Å². The van der Waals surface area contributed by atoms with E-state index < -0.39 is 6.04 Å². The van der Waals surface area contributed by atoms with Gasteiger partial charge in [0.15, 0.2) is 0 Å². The zero-order valence-corrected chi connectivity index (χ0v) is 9.57. The third-order valence-electron chi connectivity index (χ3n) is 2.22. The molecule has 0 aliphatic rings. The largest absolute Gasteiger partial charge is 0.467 e. The topological polar surface area (TPSA) is 62.1 Å². The molecule has 4 heteroatoms. The van der Waals surface area contributed by atoms with E-state index in [1.54, 1.807) is 13.0 Å². The number of carbonyl (C=O) groups is 1. The molecule has 0 bridgehead atoms. The first kappa shape index (κ1) is 12.1. The predicted molar refractivity (Wildman–Crippen MR) is 61.0 cm³/mol. The van der Waals surface area contributed by atoms with Gasteiger partial charge in [-0.1, -0.05) is 6.07 Å². The highest BCUT2D eigenvalue weighted by molar-refractivity contribution is 5.79. The number of nitrogens with one attached hydrogen (secondary N) is 1. The van der Waals surface area contributed by atoms with Gasteiger partial charge in [-0.25, -0.2) is 4.79 Å². The Hall–Kier alpha value is -2.02. The van der Waals surface area contributed by atoms with E-state index in [1.807, 2.05) is 19.1 Å². The van der Waals surface area contributed by atoms with E-state index in [0.717, 1.165) is 5.56 Å². The van der Waals surface area contributed by atoms with Crippen molar-refractivity contribution in [3.63, 3.8) is 0 Å². The molecule has 84 valence electrons. The maximum absolute atomic E-state index is 11.2. The van der Waals surface area contributed by atoms with E-state index in [1.165, 1.54) is 7.11 Å².